The smallest absolute Gasteiger partial charge is 0.221 e. The largest absolute Gasteiger partial charge is 0.356 e. The maximum atomic E-state index is 11.8. The Balaban J connectivity index is 1.77. The van der Waals surface area contributed by atoms with Crippen LogP contribution in [-0.4, -0.2) is 42.0 Å². The van der Waals surface area contributed by atoms with Gasteiger partial charge in [0.25, 0.3) is 0 Å². The number of rotatable bonds is 5. The summed E-state index contributed by atoms with van der Waals surface area (Å²) in [4.78, 5) is 14.4. The van der Waals surface area contributed by atoms with Crippen LogP contribution in [0.15, 0.2) is 0 Å². The second kappa shape index (κ2) is 6.71. The fraction of sp³-hybridized carbons (Fsp3) is 0.933. The number of nitrogens with two attached hydrogens (primary N) is 1. The molecule has 2 bridgehead atoms. The topological polar surface area (TPSA) is 58.4 Å². The van der Waals surface area contributed by atoms with E-state index in [1.807, 2.05) is 0 Å². The molecule has 4 heteroatoms. The van der Waals surface area contributed by atoms with Gasteiger partial charge in [-0.05, 0) is 31.6 Å². The Morgan fingerprint density at radius 1 is 1.32 bits per heavy atom. The molecule has 4 nitrogen and oxygen atoms in total. The van der Waals surface area contributed by atoms with Gasteiger partial charge in [-0.1, -0.05) is 20.3 Å². The van der Waals surface area contributed by atoms with Crippen molar-refractivity contribution in [1.29, 1.82) is 0 Å². The van der Waals surface area contributed by atoms with Gasteiger partial charge in [-0.15, -0.1) is 0 Å². The van der Waals surface area contributed by atoms with Crippen LogP contribution in [0.25, 0.3) is 0 Å². The minimum absolute atomic E-state index is 0.196. The van der Waals surface area contributed by atoms with Gasteiger partial charge in [0.15, 0.2) is 0 Å². The molecule has 0 aromatic heterocycles. The summed E-state index contributed by atoms with van der Waals surface area (Å²) in [6, 6.07) is 1.63. The van der Waals surface area contributed by atoms with Crippen molar-refractivity contribution in [3.8, 4) is 0 Å². The number of hydrogen-bond acceptors (Lipinski definition) is 3. The molecular weight excluding hydrogens is 238 g/mol. The highest BCUT2D eigenvalue weighted by Crippen LogP contribution is 2.33. The minimum atomic E-state index is 0.196. The molecule has 0 aliphatic carbocycles. The number of piperidine rings is 2. The first-order valence-corrected chi connectivity index (χ1v) is 7.84. The highest BCUT2D eigenvalue weighted by atomic mass is 16.1. The number of amides is 1. The number of carbonyl (C=O) groups is 1. The molecule has 2 saturated heterocycles. The Bertz CT molecular complexity index is 292. The molecule has 2 atom stereocenters. The number of nitrogens with zero attached hydrogens (tertiary/aromatic N) is 1. The molecule has 2 aliphatic heterocycles. The molecule has 0 aromatic rings. The van der Waals surface area contributed by atoms with Gasteiger partial charge >= 0.3 is 0 Å². The van der Waals surface area contributed by atoms with Gasteiger partial charge in [0.2, 0.25) is 5.91 Å². The van der Waals surface area contributed by atoms with Crippen LogP contribution in [0, 0.1) is 5.92 Å². The van der Waals surface area contributed by atoms with Crippen LogP contribution in [0.5, 0.6) is 0 Å². The standard InChI is InChI=1S/C15H29N3O/c1-11(2)10-17-15(19)6-7-18-13-4-3-5-14(18)9-12(16)8-13/h11-14H,3-10,16H2,1-2H3,(H,17,19). The first-order valence-electron chi connectivity index (χ1n) is 7.84. The molecule has 0 spiro atoms. The van der Waals surface area contributed by atoms with Crippen molar-refractivity contribution < 1.29 is 4.79 Å². The molecule has 1 amide bonds. The lowest BCUT2D eigenvalue weighted by atomic mass is 9.82. The lowest BCUT2D eigenvalue weighted by Gasteiger charge is -2.48. The molecule has 0 saturated carbocycles. The van der Waals surface area contributed by atoms with E-state index in [0.29, 0.717) is 30.5 Å². The summed E-state index contributed by atoms with van der Waals surface area (Å²) in [6.07, 6.45) is 6.72. The van der Waals surface area contributed by atoms with Crippen LogP contribution >= 0.6 is 0 Å². The number of fused-ring (bicyclic) bond motifs is 2. The second-order valence-electron chi connectivity index (χ2n) is 6.66. The second-order valence-corrected chi connectivity index (χ2v) is 6.66. The van der Waals surface area contributed by atoms with E-state index in [0.717, 1.165) is 25.9 Å². The Hall–Kier alpha value is -0.610. The lowest BCUT2D eigenvalue weighted by molar-refractivity contribution is -0.122. The zero-order chi connectivity index (χ0) is 13.8. The van der Waals surface area contributed by atoms with Crippen molar-refractivity contribution >= 4 is 5.91 Å². The van der Waals surface area contributed by atoms with Crippen molar-refractivity contribution in [2.24, 2.45) is 11.7 Å². The average Bonchev–Trinajstić information content (AvgIpc) is 2.33. The van der Waals surface area contributed by atoms with Gasteiger partial charge < -0.3 is 11.1 Å². The van der Waals surface area contributed by atoms with Gasteiger partial charge in [-0.3, -0.25) is 9.69 Å². The Morgan fingerprint density at radius 2 is 1.95 bits per heavy atom. The molecule has 2 fully saturated rings. The van der Waals surface area contributed by atoms with Crippen LogP contribution in [0.4, 0.5) is 0 Å². The van der Waals surface area contributed by atoms with Crippen LogP contribution in [0.2, 0.25) is 0 Å². The summed E-state index contributed by atoms with van der Waals surface area (Å²) in [6.45, 7) is 5.94. The highest BCUT2D eigenvalue weighted by Gasteiger charge is 2.36. The molecule has 110 valence electrons. The van der Waals surface area contributed by atoms with Gasteiger partial charge in [0.05, 0.1) is 0 Å². The Morgan fingerprint density at radius 3 is 2.53 bits per heavy atom. The summed E-state index contributed by atoms with van der Waals surface area (Å²) < 4.78 is 0. The van der Waals surface area contributed by atoms with Crippen molar-refractivity contribution in [2.75, 3.05) is 13.1 Å². The molecule has 2 unspecified atom stereocenters. The van der Waals surface area contributed by atoms with E-state index in [9.17, 15) is 4.79 Å². The summed E-state index contributed by atoms with van der Waals surface area (Å²) in [5.74, 6) is 0.720. The maximum absolute atomic E-state index is 11.8. The molecule has 0 aromatic carbocycles. The van der Waals surface area contributed by atoms with Gasteiger partial charge in [0.1, 0.15) is 0 Å². The van der Waals surface area contributed by atoms with Crippen LogP contribution in [0.3, 0.4) is 0 Å². The fourth-order valence-electron chi connectivity index (χ4n) is 3.52. The van der Waals surface area contributed by atoms with E-state index in [-0.39, 0.29) is 5.91 Å². The lowest BCUT2D eigenvalue weighted by Crippen LogP contribution is -2.55. The summed E-state index contributed by atoms with van der Waals surface area (Å²) >= 11 is 0. The highest BCUT2D eigenvalue weighted by molar-refractivity contribution is 5.76. The molecule has 2 aliphatic rings. The maximum Gasteiger partial charge on any atom is 0.221 e. The van der Waals surface area contributed by atoms with Crippen molar-refractivity contribution in [1.82, 2.24) is 10.2 Å². The zero-order valence-corrected chi connectivity index (χ0v) is 12.4. The Labute approximate surface area is 117 Å². The van der Waals surface area contributed by atoms with Crippen molar-refractivity contribution in [2.45, 2.75) is 70.5 Å². The van der Waals surface area contributed by atoms with Crippen LogP contribution < -0.4 is 11.1 Å². The molecule has 3 N–H and O–H groups in total. The first kappa shape index (κ1) is 14.8. The molecule has 19 heavy (non-hydrogen) atoms. The quantitative estimate of drug-likeness (QED) is 0.793. The van der Waals surface area contributed by atoms with E-state index in [1.165, 1.54) is 19.3 Å². The molecule has 2 heterocycles. The van der Waals surface area contributed by atoms with Crippen LogP contribution in [0.1, 0.15) is 52.4 Å². The third kappa shape index (κ3) is 4.18. The first-order chi connectivity index (χ1) is 9.06. The monoisotopic (exact) mass is 267 g/mol. The van der Waals surface area contributed by atoms with Gasteiger partial charge in [0, 0.05) is 37.6 Å². The van der Waals surface area contributed by atoms with Crippen molar-refractivity contribution in [3.05, 3.63) is 0 Å². The van der Waals surface area contributed by atoms with Gasteiger partial charge in [-0.25, -0.2) is 0 Å². The number of hydrogen-bond donors (Lipinski definition) is 2. The van der Waals surface area contributed by atoms with E-state index in [1.54, 1.807) is 0 Å². The predicted octanol–water partition coefficient (Wildman–Crippen LogP) is 1.49. The molecule has 0 radical (unpaired) electrons. The normalized spacial score (nSPS) is 31.5. The SMILES string of the molecule is CC(C)CNC(=O)CCN1C2CCCC1CC(N)C2. The van der Waals surface area contributed by atoms with Crippen molar-refractivity contribution in [3.63, 3.8) is 0 Å². The van der Waals surface area contributed by atoms with E-state index >= 15 is 0 Å². The third-order valence-electron chi connectivity index (χ3n) is 4.47. The van der Waals surface area contributed by atoms with E-state index in [2.05, 4.69) is 24.1 Å². The minimum Gasteiger partial charge on any atom is -0.356 e. The Kier molecular flexibility index (Phi) is 5.22. The van der Waals surface area contributed by atoms with E-state index < -0.39 is 0 Å². The van der Waals surface area contributed by atoms with E-state index in [4.69, 9.17) is 5.73 Å². The number of carbonyl (C=O) groups excluding carboxylic acids is 1. The zero-order valence-electron chi connectivity index (χ0n) is 12.4. The van der Waals surface area contributed by atoms with Crippen LogP contribution in [-0.2, 0) is 4.79 Å². The van der Waals surface area contributed by atoms with Gasteiger partial charge in [-0.2, -0.15) is 0 Å². The third-order valence-corrected chi connectivity index (χ3v) is 4.47. The predicted molar refractivity (Wildman–Crippen MR) is 77.8 cm³/mol. The summed E-state index contributed by atoms with van der Waals surface area (Å²) in [7, 11) is 0. The molecule has 2 rings (SSSR count). The molecular formula is C15H29N3O. The fourth-order valence-corrected chi connectivity index (χ4v) is 3.52. The number of nitrogens with one attached hydrogen (secondary N) is 1. The summed E-state index contributed by atoms with van der Waals surface area (Å²) in [5.41, 5.74) is 6.12. The summed E-state index contributed by atoms with van der Waals surface area (Å²) in [5, 5.41) is 3.01. The average molecular weight is 267 g/mol.